The van der Waals surface area contributed by atoms with Crippen LogP contribution in [-0.4, -0.2) is 80.8 Å². The van der Waals surface area contributed by atoms with Gasteiger partial charge >= 0.3 is 6.09 Å². The number of rotatable bonds is 15. The molecular weight excluding hydrogens is 476 g/mol. The number of hydrogen-bond acceptors (Lipinski definition) is 7. The Balaban J connectivity index is 3.10. The third-order valence-corrected chi connectivity index (χ3v) is 6.14. The molecule has 9 nitrogen and oxygen atoms in total. The Morgan fingerprint density at radius 2 is 1.78 bits per heavy atom. The number of aliphatic hydroxyl groups excluding tert-OH is 1. The Labute approximate surface area is 222 Å². The summed E-state index contributed by atoms with van der Waals surface area (Å²) in [5, 5.41) is 13.9. The molecule has 37 heavy (non-hydrogen) atoms. The summed E-state index contributed by atoms with van der Waals surface area (Å²) < 4.78 is 21.9. The summed E-state index contributed by atoms with van der Waals surface area (Å²) in [6, 6.07) is 5.28. The van der Waals surface area contributed by atoms with Crippen LogP contribution >= 0.6 is 0 Å². The largest absolute Gasteiger partial charge is 0.493 e. The summed E-state index contributed by atoms with van der Waals surface area (Å²) in [5.41, 5.74) is 0.392. The second kappa shape index (κ2) is 15.7. The summed E-state index contributed by atoms with van der Waals surface area (Å²) in [6.45, 7) is 12.3. The number of nitrogens with one attached hydrogen (secondary N) is 1. The van der Waals surface area contributed by atoms with Crippen LogP contribution in [0.5, 0.6) is 11.5 Å². The Hall–Kier alpha value is -2.52. The number of likely N-dealkylation sites (N-methyl/N-ethyl adjacent to an activating group) is 1. The van der Waals surface area contributed by atoms with Gasteiger partial charge in [0.25, 0.3) is 0 Å². The van der Waals surface area contributed by atoms with E-state index in [1.165, 1.54) is 11.8 Å². The molecule has 0 aliphatic rings. The number of alkyl carbamates (subject to hydrolysis) is 1. The van der Waals surface area contributed by atoms with Gasteiger partial charge < -0.3 is 34.3 Å². The minimum absolute atomic E-state index is 0.0998. The van der Waals surface area contributed by atoms with Gasteiger partial charge in [0, 0.05) is 40.7 Å². The molecule has 0 fully saturated rings. The van der Waals surface area contributed by atoms with Crippen molar-refractivity contribution in [3.8, 4) is 11.5 Å². The summed E-state index contributed by atoms with van der Waals surface area (Å²) in [5.74, 6) is 1.55. The smallest absolute Gasteiger partial charge is 0.407 e. The molecule has 2 N–H and O–H groups in total. The Morgan fingerprint density at radius 1 is 1.11 bits per heavy atom. The van der Waals surface area contributed by atoms with E-state index < -0.39 is 23.8 Å². The van der Waals surface area contributed by atoms with Gasteiger partial charge in [0.1, 0.15) is 5.60 Å². The molecule has 0 saturated heterocycles. The van der Waals surface area contributed by atoms with Crippen LogP contribution < -0.4 is 14.8 Å². The van der Waals surface area contributed by atoms with E-state index in [2.05, 4.69) is 19.2 Å². The van der Waals surface area contributed by atoms with Crippen LogP contribution in [0.3, 0.4) is 0 Å². The van der Waals surface area contributed by atoms with Crippen molar-refractivity contribution in [1.29, 1.82) is 0 Å². The van der Waals surface area contributed by atoms with Gasteiger partial charge in [0.15, 0.2) is 11.5 Å². The molecule has 2 amide bonds. The standard InChI is InChI=1S/C28H48N2O7/c1-19(2)22(15-21-11-12-25(35-9)26(16-21)36-14-10-13-34-8)17-23(24(32)18-30(7)20(3)31)29-27(33)37-28(4,5)6/h11-12,16,19,22-24,32H,10,13-15,17-18H2,1-9H3,(H,29,33)/t22-,23-,24-/m0/s1. The van der Waals surface area contributed by atoms with Crippen LogP contribution in [0.1, 0.15) is 59.9 Å². The van der Waals surface area contributed by atoms with Crippen molar-refractivity contribution in [2.45, 2.75) is 78.6 Å². The highest BCUT2D eigenvalue weighted by Crippen LogP contribution is 2.31. The van der Waals surface area contributed by atoms with Crippen molar-refractivity contribution in [2.24, 2.45) is 11.8 Å². The molecule has 1 aromatic carbocycles. The maximum atomic E-state index is 12.6. The topological polar surface area (TPSA) is 107 Å². The van der Waals surface area contributed by atoms with E-state index in [4.69, 9.17) is 18.9 Å². The van der Waals surface area contributed by atoms with Crippen molar-refractivity contribution >= 4 is 12.0 Å². The number of methoxy groups -OCH3 is 2. The van der Waals surface area contributed by atoms with Gasteiger partial charge in [-0.2, -0.15) is 0 Å². The maximum absolute atomic E-state index is 12.6. The molecule has 9 heteroatoms. The first-order valence-electron chi connectivity index (χ1n) is 12.9. The third kappa shape index (κ3) is 12.5. The molecule has 212 valence electrons. The van der Waals surface area contributed by atoms with Gasteiger partial charge in [0.2, 0.25) is 5.91 Å². The fourth-order valence-corrected chi connectivity index (χ4v) is 3.87. The molecule has 0 aliphatic carbocycles. The maximum Gasteiger partial charge on any atom is 0.407 e. The number of carbonyl (C=O) groups is 2. The summed E-state index contributed by atoms with van der Waals surface area (Å²) >= 11 is 0. The van der Waals surface area contributed by atoms with E-state index in [1.807, 2.05) is 18.2 Å². The zero-order chi connectivity index (χ0) is 28.2. The first-order chi connectivity index (χ1) is 17.3. The third-order valence-electron chi connectivity index (χ3n) is 6.14. The molecule has 0 radical (unpaired) electrons. The van der Waals surface area contributed by atoms with Gasteiger partial charge in [-0.25, -0.2) is 4.79 Å². The minimum atomic E-state index is -0.960. The number of carbonyl (C=O) groups excluding carboxylic acids is 2. The molecule has 0 spiro atoms. The van der Waals surface area contributed by atoms with Crippen LogP contribution in [0.15, 0.2) is 18.2 Å². The average molecular weight is 525 g/mol. The van der Waals surface area contributed by atoms with E-state index >= 15 is 0 Å². The SMILES string of the molecule is COCCCOc1cc(C[C@@H](C[C@H](NC(=O)OC(C)(C)C)[C@@H](O)CN(C)C(C)=O)C(C)C)ccc1OC. The van der Waals surface area contributed by atoms with Gasteiger partial charge in [-0.05, 0) is 63.1 Å². The lowest BCUT2D eigenvalue weighted by molar-refractivity contribution is -0.129. The van der Waals surface area contributed by atoms with Gasteiger partial charge in [0.05, 0.1) is 25.9 Å². The normalized spacial score (nSPS) is 14.0. The molecule has 0 aliphatic heterocycles. The molecule has 0 saturated carbocycles. The summed E-state index contributed by atoms with van der Waals surface area (Å²) in [4.78, 5) is 25.8. The van der Waals surface area contributed by atoms with Crippen molar-refractivity contribution in [3.05, 3.63) is 23.8 Å². The van der Waals surface area contributed by atoms with Gasteiger partial charge in [-0.15, -0.1) is 0 Å². The highest BCUT2D eigenvalue weighted by Gasteiger charge is 2.30. The second-order valence-corrected chi connectivity index (χ2v) is 10.8. The van der Waals surface area contributed by atoms with Crippen LogP contribution in [0.4, 0.5) is 4.79 Å². The highest BCUT2D eigenvalue weighted by molar-refractivity contribution is 5.73. The molecule has 1 rings (SSSR count). The monoisotopic (exact) mass is 524 g/mol. The number of benzene rings is 1. The number of amides is 2. The fraction of sp³-hybridized carbons (Fsp3) is 0.714. The Morgan fingerprint density at radius 3 is 2.32 bits per heavy atom. The van der Waals surface area contributed by atoms with Gasteiger partial charge in [-0.3, -0.25) is 4.79 Å². The summed E-state index contributed by atoms with van der Waals surface area (Å²) in [6.07, 6.45) is 0.417. The lowest BCUT2D eigenvalue weighted by atomic mass is 9.83. The lowest BCUT2D eigenvalue weighted by Crippen LogP contribution is -2.50. The van der Waals surface area contributed by atoms with Crippen LogP contribution in [0.25, 0.3) is 0 Å². The van der Waals surface area contributed by atoms with E-state index in [-0.39, 0.29) is 24.3 Å². The average Bonchev–Trinajstić information content (AvgIpc) is 2.79. The predicted octanol–water partition coefficient (Wildman–Crippen LogP) is 4.05. The van der Waals surface area contributed by atoms with Crippen molar-refractivity contribution in [1.82, 2.24) is 10.2 Å². The second-order valence-electron chi connectivity index (χ2n) is 10.8. The van der Waals surface area contributed by atoms with Gasteiger partial charge in [-0.1, -0.05) is 19.9 Å². The number of ether oxygens (including phenoxy) is 4. The zero-order valence-electron chi connectivity index (χ0n) is 24.1. The first kappa shape index (κ1) is 32.5. The van der Waals surface area contributed by atoms with Crippen LogP contribution in [0.2, 0.25) is 0 Å². The first-order valence-corrected chi connectivity index (χ1v) is 12.9. The molecule has 0 unspecified atom stereocenters. The quantitative estimate of drug-likeness (QED) is 0.334. The van der Waals surface area contributed by atoms with E-state index in [1.54, 1.807) is 42.0 Å². The van der Waals surface area contributed by atoms with E-state index in [0.717, 1.165) is 12.0 Å². The summed E-state index contributed by atoms with van der Waals surface area (Å²) in [7, 11) is 4.90. The predicted molar refractivity (Wildman–Crippen MR) is 144 cm³/mol. The van der Waals surface area contributed by atoms with Crippen molar-refractivity contribution < 1.29 is 33.6 Å². The minimum Gasteiger partial charge on any atom is -0.493 e. The number of nitrogens with zero attached hydrogens (tertiary/aromatic N) is 1. The fourth-order valence-electron chi connectivity index (χ4n) is 3.87. The lowest BCUT2D eigenvalue weighted by Gasteiger charge is -2.32. The van der Waals surface area contributed by atoms with Crippen LogP contribution in [-0.2, 0) is 20.7 Å². The molecule has 0 heterocycles. The Kier molecular flexibility index (Phi) is 13.8. The molecule has 3 atom stereocenters. The Bertz CT molecular complexity index is 838. The van der Waals surface area contributed by atoms with E-state index in [0.29, 0.717) is 37.6 Å². The number of aliphatic hydroxyl groups is 1. The van der Waals surface area contributed by atoms with E-state index in [9.17, 15) is 14.7 Å². The number of hydrogen-bond donors (Lipinski definition) is 2. The van der Waals surface area contributed by atoms with Crippen LogP contribution in [0, 0.1) is 11.8 Å². The zero-order valence-corrected chi connectivity index (χ0v) is 24.1. The molecular formula is C28H48N2O7. The van der Waals surface area contributed by atoms with Crippen molar-refractivity contribution in [2.75, 3.05) is 41.0 Å². The molecule has 1 aromatic rings. The van der Waals surface area contributed by atoms with Crippen molar-refractivity contribution in [3.63, 3.8) is 0 Å². The molecule has 0 bridgehead atoms. The highest BCUT2D eigenvalue weighted by atomic mass is 16.6. The molecule has 0 aromatic heterocycles.